The summed E-state index contributed by atoms with van der Waals surface area (Å²) in [6, 6.07) is 8.26. The van der Waals surface area contributed by atoms with Crippen molar-refractivity contribution in [2.45, 2.75) is 66.2 Å². The average molecular weight is 664 g/mol. The largest absolute Gasteiger partial charge is 0.469 e. The molecule has 242 valence electrons. The molecule has 3 aromatic rings. The van der Waals surface area contributed by atoms with Crippen molar-refractivity contribution < 1.29 is 19.1 Å². The van der Waals surface area contributed by atoms with Crippen LogP contribution in [0, 0.1) is 13.8 Å². The van der Waals surface area contributed by atoms with E-state index in [9.17, 15) is 9.59 Å². The summed E-state index contributed by atoms with van der Waals surface area (Å²) in [5, 5.41) is 0. The molecule has 0 amide bonds. The topological polar surface area (TPSA) is 110 Å². The third-order valence-electron chi connectivity index (χ3n) is 9.10. The van der Waals surface area contributed by atoms with Gasteiger partial charge in [-0.05, 0) is 122 Å². The zero-order valence-corrected chi connectivity index (χ0v) is 28.8. The Bertz CT molecular complexity index is 1800. The predicted molar refractivity (Wildman–Crippen MR) is 187 cm³/mol. The second-order valence-electron chi connectivity index (χ2n) is 11.7. The maximum atomic E-state index is 12.2. The first kappa shape index (κ1) is 33.5. The molecule has 2 N–H and O–H groups in total. The molecule has 5 rings (SSSR count). The highest BCUT2D eigenvalue weighted by molar-refractivity contribution is 6.19. The van der Waals surface area contributed by atoms with Gasteiger partial charge < -0.3 is 19.4 Å². The van der Waals surface area contributed by atoms with E-state index in [1.807, 2.05) is 0 Å². The number of nitrogens with zero attached hydrogens (tertiary/aromatic N) is 2. The first-order valence-corrected chi connectivity index (χ1v) is 16.6. The van der Waals surface area contributed by atoms with Gasteiger partial charge in [0.15, 0.2) is 0 Å². The minimum atomic E-state index is -0.272. The number of aromatic amines is 2. The van der Waals surface area contributed by atoms with Gasteiger partial charge in [-0.15, -0.1) is 23.2 Å². The molecule has 0 atom stereocenters. The third kappa shape index (κ3) is 6.65. The highest BCUT2D eigenvalue weighted by Gasteiger charge is 2.22. The molecule has 0 saturated carbocycles. The number of hydrogen-bond donors (Lipinski definition) is 2. The van der Waals surface area contributed by atoms with E-state index in [0.717, 1.165) is 89.4 Å². The molecule has 8 nitrogen and oxygen atoms in total. The number of hydrogen-bond acceptors (Lipinski definition) is 6. The highest BCUT2D eigenvalue weighted by Crippen LogP contribution is 2.37. The van der Waals surface area contributed by atoms with Crippen molar-refractivity contribution in [1.82, 2.24) is 19.9 Å². The summed E-state index contributed by atoms with van der Waals surface area (Å²) in [5.74, 6) is 0.398. The summed E-state index contributed by atoms with van der Waals surface area (Å²) in [6.07, 6.45) is 2.84. The lowest BCUT2D eigenvalue weighted by Crippen LogP contribution is -2.02. The summed E-state index contributed by atoms with van der Waals surface area (Å²) in [7, 11) is 2.81. The Hall–Kier alpha value is -3.88. The Morgan fingerprint density at radius 3 is 1.39 bits per heavy atom. The number of carbonyl (C=O) groups excluding carboxylic acids is 2. The Morgan fingerprint density at radius 1 is 0.609 bits per heavy atom. The van der Waals surface area contributed by atoms with Crippen molar-refractivity contribution >= 4 is 79.5 Å². The van der Waals surface area contributed by atoms with Crippen LogP contribution in [0.3, 0.4) is 0 Å². The number of halogens is 2. The zero-order chi connectivity index (χ0) is 33.1. The first-order chi connectivity index (χ1) is 22.1. The molecule has 5 heterocycles. The Morgan fingerprint density at radius 2 is 1.02 bits per heavy atom. The van der Waals surface area contributed by atoms with Gasteiger partial charge in [-0.25, -0.2) is 9.97 Å². The normalized spacial score (nSPS) is 13.0. The number of carbonyl (C=O) groups is 2. The molecule has 10 heteroatoms. The second-order valence-corrected chi connectivity index (χ2v) is 12.4. The molecule has 0 aromatic carbocycles. The number of fused-ring (bicyclic) bond motifs is 8. The van der Waals surface area contributed by atoms with E-state index < -0.39 is 0 Å². The van der Waals surface area contributed by atoms with E-state index in [0.29, 0.717) is 37.4 Å². The van der Waals surface area contributed by atoms with Crippen LogP contribution in [-0.2, 0) is 31.9 Å². The number of rotatable bonds is 10. The first-order valence-electron chi connectivity index (χ1n) is 15.5. The third-order valence-corrected chi connectivity index (χ3v) is 9.48. The number of ether oxygens (including phenoxy) is 2. The lowest BCUT2D eigenvalue weighted by Gasteiger charge is -2.04. The standard InChI is InChI=1S/C36H40Cl2N4O4/c1-19-23(7-9-35(43)45-5)31-17-32-24(8-10-36(44)46-6)20(2)28(40-32)16-30-22(4)26(12-14-38)34(42-30)18-33-25(11-13-37)21(3)29(41-33)15-27(19)39-31/h15-18,39-40H,7-14H2,1-6H3. The van der Waals surface area contributed by atoms with Crippen LogP contribution in [0.25, 0.3) is 44.4 Å². The molecule has 0 radical (unpaired) electrons. The smallest absolute Gasteiger partial charge is 0.305 e. The molecule has 0 aliphatic carbocycles. The summed E-state index contributed by atoms with van der Waals surface area (Å²) in [4.78, 5) is 41.8. The van der Waals surface area contributed by atoms with Crippen molar-refractivity contribution in [3.05, 3.63) is 69.3 Å². The van der Waals surface area contributed by atoms with E-state index in [1.165, 1.54) is 14.2 Å². The van der Waals surface area contributed by atoms with Crippen molar-refractivity contribution in [1.29, 1.82) is 0 Å². The molecule has 3 aromatic heterocycles. The fourth-order valence-corrected chi connectivity index (χ4v) is 6.72. The van der Waals surface area contributed by atoms with Gasteiger partial charge >= 0.3 is 11.9 Å². The fraction of sp³-hybridized carbons (Fsp3) is 0.389. The maximum Gasteiger partial charge on any atom is 0.305 e. The van der Waals surface area contributed by atoms with Crippen LogP contribution in [0.15, 0.2) is 24.3 Å². The van der Waals surface area contributed by atoms with E-state index >= 15 is 0 Å². The van der Waals surface area contributed by atoms with E-state index in [1.54, 1.807) is 0 Å². The lowest BCUT2D eigenvalue weighted by atomic mass is 10.0. The number of aryl methyl sites for hydroxylation is 4. The van der Waals surface area contributed by atoms with Crippen LogP contribution >= 0.6 is 23.2 Å². The van der Waals surface area contributed by atoms with Crippen molar-refractivity contribution in [2.75, 3.05) is 26.0 Å². The van der Waals surface area contributed by atoms with Crippen LogP contribution in [0.5, 0.6) is 0 Å². The number of methoxy groups -OCH3 is 2. The van der Waals surface area contributed by atoms with Gasteiger partial charge in [0.05, 0.1) is 37.0 Å². The number of aromatic nitrogens is 4. The van der Waals surface area contributed by atoms with Crippen molar-refractivity contribution in [3.8, 4) is 0 Å². The number of esters is 2. The quantitative estimate of drug-likeness (QED) is 0.167. The average Bonchev–Trinajstić information content (AvgIpc) is 3.69. The summed E-state index contributed by atoms with van der Waals surface area (Å²) >= 11 is 12.6. The number of allylic oxidation sites excluding steroid dienone is 4. The Labute approximate surface area is 279 Å². The lowest BCUT2D eigenvalue weighted by molar-refractivity contribution is -0.141. The number of alkyl halides is 2. The fourth-order valence-electron chi connectivity index (χ4n) is 6.34. The molecular formula is C36H40Cl2N4O4. The molecule has 0 fully saturated rings. The van der Waals surface area contributed by atoms with Gasteiger partial charge in [-0.1, -0.05) is 0 Å². The molecule has 0 spiro atoms. The van der Waals surface area contributed by atoms with Gasteiger partial charge in [0, 0.05) is 46.7 Å². The summed E-state index contributed by atoms with van der Waals surface area (Å²) in [6.45, 7) is 8.27. The van der Waals surface area contributed by atoms with Crippen LogP contribution in [0.2, 0.25) is 0 Å². The SMILES string of the molecule is COC(=O)CCc1c(C)c2cc3nc(cc4nc(cc5[nH]c(cc1[nH]2)c(CCC(=O)OC)c5C)C(C)=C4CCCl)C(CCCl)=C3C. The highest BCUT2D eigenvalue weighted by atomic mass is 35.5. The minimum Gasteiger partial charge on any atom is -0.469 e. The van der Waals surface area contributed by atoms with Crippen molar-refractivity contribution in [2.24, 2.45) is 0 Å². The van der Waals surface area contributed by atoms with Crippen LogP contribution in [0.1, 0.15) is 84.6 Å². The van der Waals surface area contributed by atoms with Gasteiger partial charge in [-0.3, -0.25) is 9.59 Å². The van der Waals surface area contributed by atoms with Crippen LogP contribution in [0.4, 0.5) is 0 Å². The zero-order valence-electron chi connectivity index (χ0n) is 27.2. The molecule has 8 bridgehead atoms. The minimum absolute atomic E-state index is 0.245. The van der Waals surface area contributed by atoms with Crippen LogP contribution < -0.4 is 0 Å². The Balaban J connectivity index is 1.90. The maximum absolute atomic E-state index is 12.2. The van der Waals surface area contributed by atoms with Gasteiger partial charge in [-0.2, -0.15) is 0 Å². The second kappa shape index (κ2) is 14.3. The molecule has 0 unspecified atom stereocenters. The Kier molecular flexibility index (Phi) is 10.4. The van der Waals surface area contributed by atoms with Gasteiger partial charge in [0.25, 0.3) is 0 Å². The predicted octanol–water partition coefficient (Wildman–Crippen LogP) is 8.26. The summed E-state index contributed by atoms with van der Waals surface area (Å²) in [5.41, 5.74) is 15.3. The molecule has 46 heavy (non-hydrogen) atoms. The molecule has 0 saturated heterocycles. The van der Waals surface area contributed by atoms with Gasteiger partial charge in [0.1, 0.15) is 0 Å². The summed E-state index contributed by atoms with van der Waals surface area (Å²) < 4.78 is 9.92. The van der Waals surface area contributed by atoms with E-state index in [2.05, 4.69) is 61.9 Å². The monoisotopic (exact) mass is 662 g/mol. The van der Waals surface area contributed by atoms with Crippen LogP contribution in [-0.4, -0.2) is 57.9 Å². The number of H-pyrrole nitrogens is 2. The molecule has 2 aliphatic heterocycles. The van der Waals surface area contributed by atoms with E-state index in [-0.39, 0.29) is 24.8 Å². The molecule has 2 aliphatic rings. The van der Waals surface area contributed by atoms with Crippen molar-refractivity contribution in [3.63, 3.8) is 0 Å². The number of nitrogens with one attached hydrogen (secondary N) is 2. The van der Waals surface area contributed by atoms with Gasteiger partial charge in [0.2, 0.25) is 0 Å². The molecular weight excluding hydrogens is 623 g/mol. The van der Waals surface area contributed by atoms with E-state index in [4.69, 9.17) is 42.6 Å².